The maximum absolute atomic E-state index is 11.6. The topological polar surface area (TPSA) is 67.6 Å². The first-order valence-electron chi connectivity index (χ1n) is 7.80. The normalized spacial score (nSPS) is 18.2. The van der Waals surface area contributed by atoms with Crippen LogP contribution in [0.5, 0.6) is 0 Å². The Hall–Kier alpha value is -0.650. The van der Waals surface area contributed by atoms with Gasteiger partial charge in [0, 0.05) is 19.7 Å². The lowest BCUT2D eigenvalue weighted by Crippen LogP contribution is -2.54. The third kappa shape index (κ3) is 6.20. The molecular weight excluding hydrogens is 254 g/mol. The molecular formula is C15H31N3O2. The molecule has 1 aliphatic rings. The highest BCUT2D eigenvalue weighted by Gasteiger charge is 2.36. The van der Waals surface area contributed by atoms with Crippen molar-refractivity contribution in [3.63, 3.8) is 0 Å². The number of carbonyl (C=O) groups excluding carboxylic acids is 1. The Morgan fingerprint density at radius 1 is 1.40 bits per heavy atom. The molecule has 0 heterocycles. The number of hydrogen-bond donors (Lipinski definition) is 2. The van der Waals surface area contributed by atoms with Gasteiger partial charge in [-0.3, -0.25) is 4.79 Å². The molecule has 0 aromatic rings. The molecule has 0 spiro atoms. The van der Waals surface area contributed by atoms with Gasteiger partial charge in [-0.15, -0.1) is 0 Å². The van der Waals surface area contributed by atoms with Crippen LogP contribution >= 0.6 is 0 Å². The number of amides is 1. The molecule has 20 heavy (non-hydrogen) atoms. The van der Waals surface area contributed by atoms with Crippen LogP contribution in [0.1, 0.15) is 46.0 Å². The first kappa shape index (κ1) is 17.4. The van der Waals surface area contributed by atoms with Gasteiger partial charge in [-0.05, 0) is 52.1 Å². The van der Waals surface area contributed by atoms with E-state index < -0.39 is 5.54 Å². The van der Waals surface area contributed by atoms with Crippen LogP contribution in [0.3, 0.4) is 0 Å². The van der Waals surface area contributed by atoms with E-state index in [2.05, 4.69) is 17.1 Å². The molecule has 1 rings (SSSR count). The fourth-order valence-corrected chi connectivity index (χ4v) is 2.41. The number of nitrogens with zero attached hydrogens (tertiary/aromatic N) is 1. The van der Waals surface area contributed by atoms with E-state index in [4.69, 9.17) is 10.5 Å². The van der Waals surface area contributed by atoms with Crippen LogP contribution in [0.4, 0.5) is 0 Å². The zero-order valence-electron chi connectivity index (χ0n) is 13.3. The standard InChI is InChI=1S/C15H31N3O2/c1-4-18(11-12-20-3)10-6-5-9-15(2,14(16)19)17-13-7-8-13/h13,17H,4-12H2,1-3H3,(H2,16,19). The lowest BCUT2D eigenvalue weighted by atomic mass is 9.93. The summed E-state index contributed by atoms with van der Waals surface area (Å²) in [6.45, 7) is 7.94. The van der Waals surface area contributed by atoms with Gasteiger partial charge in [-0.25, -0.2) is 0 Å². The van der Waals surface area contributed by atoms with Crippen molar-refractivity contribution in [3.8, 4) is 0 Å². The van der Waals surface area contributed by atoms with Crippen LogP contribution < -0.4 is 11.1 Å². The number of carbonyl (C=O) groups is 1. The number of nitrogens with two attached hydrogens (primary N) is 1. The number of rotatable bonds is 12. The minimum atomic E-state index is -0.537. The maximum Gasteiger partial charge on any atom is 0.237 e. The largest absolute Gasteiger partial charge is 0.383 e. The van der Waals surface area contributed by atoms with E-state index in [-0.39, 0.29) is 5.91 Å². The second kappa shape index (κ2) is 8.60. The predicted molar refractivity (Wildman–Crippen MR) is 81.6 cm³/mol. The summed E-state index contributed by atoms with van der Waals surface area (Å²) in [6, 6.07) is 0.501. The van der Waals surface area contributed by atoms with Crippen LogP contribution in [-0.4, -0.2) is 55.7 Å². The van der Waals surface area contributed by atoms with E-state index in [0.717, 1.165) is 45.5 Å². The van der Waals surface area contributed by atoms with Crippen molar-refractivity contribution >= 4 is 5.91 Å². The van der Waals surface area contributed by atoms with Gasteiger partial charge < -0.3 is 20.7 Å². The number of nitrogens with one attached hydrogen (secondary N) is 1. The van der Waals surface area contributed by atoms with Gasteiger partial charge in [0.25, 0.3) is 0 Å². The molecule has 1 atom stereocenters. The monoisotopic (exact) mass is 285 g/mol. The van der Waals surface area contributed by atoms with Crippen molar-refractivity contribution in [2.45, 2.75) is 57.5 Å². The summed E-state index contributed by atoms with van der Waals surface area (Å²) in [5.41, 5.74) is 5.02. The van der Waals surface area contributed by atoms with Crippen molar-refractivity contribution in [3.05, 3.63) is 0 Å². The summed E-state index contributed by atoms with van der Waals surface area (Å²) in [7, 11) is 1.73. The smallest absolute Gasteiger partial charge is 0.237 e. The molecule has 1 amide bonds. The fraction of sp³-hybridized carbons (Fsp3) is 0.933. The second-order valence-electron chi connectivity index (χ2n) is 6.00. The number of primary amides is 1. The molecule has 0 aliphatic heterocycles. The van der Waals surface area contributed by atoms with E-state index in [1.54, 1.807) is 7.11 Å². The van der Waals surface area contributed by atoms with Gasteiger partial charge in [0.05, 0.1) is 12.1 Å². The molecule has 1 unspecified atom stereocenters. The van der Waals surface area contributed by atoms with E-state index in [9.17, 15) is 4.79 Å². The summed E-state index contributed by atoms with van der Waals surface area (Å²) in [6.07, 6.45) is 5.27. The predicted octanol–water partition coefficient (Wildman–Crippen LogP) is 1.12. The Morgan fingerprint density at radius 2 is 2.10 bits per heavy atom. The maximum atomic E-state index is 11.6. The molecule has 1 fully saturated rings. The Morgan fingerprint density at radius 3 is 2.60 bits per heavy atom. The van der Waals surface area contributed by atoms with Gasteiger partial charge in [-0.2, -0.15) is 0 Å². The van der Waals surface area contributed by atoms with Crippen LogP contribution in [-0.2, 0) is 9.53 Å². The molecule has 0 saturated heterocycles. The van der Waals surface area contributed by atoms with Crippen LogP contribution in [0.15, 0.2) is 0 Å². The molecule has 0 aromatic heterocycles. The molecule has 0 radical (unpaired) electrons. The van der Waals surface area contributed by atoms with Gasteiger partial charge in [-0.1, -0.05) is 6.92 Å². The molecule has 1 saturated carbocycles. The highest BCUT2D eigenvalue weighted by atomic mass is 16.5. The Balaban J connectivity index is 2.24. The zero-order valence-corrected chi connectivity index (χ0v) is 13.3. The second-order valence-corrected chi connectivity index (χ2v) is 6.00. The Labute approximate surface area is 123 Å². The van der Waals surface area contributed by atoms with Crippen molar-refractivity contribution in [1.29, 1.82) is 0 Å². The Kier molecular flexibility index (Phi) is 7.48. The lowest BCUT2D eigenvalue weighted by Gasteiger charge is -2.28. The number of methoxy groups -OCH3 is 1. The van der Waals surface area contributed by atoms with E-state index in [1.165, 1.54) is 12.8 Å². The van der Waals surface area contributed by atoms with Gasteiger partial charge in [0.2, 0.25) is 5.91 Å². The number of ether oxygens (including phenoxy) is 1. The van der Waals surface area contributed by atoms with Crippen molar-refractivity contribution < 1.29 is 9.53 Å². The summed E-state index contributed by atoms with van der Waals surface area (Å²) >= 11 is 0. The third-order valence-corrected chi connectivity index (χ3v) is 4.10. The average Bonchev–Trinajstić information content (AvgIpc) is 3.21. The minimum absolute atomic E-state index is 0.226. The highest BCUT2D eigenvalue weighted by Crippen LogP contribution is 2.25. The number of unbranched alkanes of at least 4 members (excludes halogenated alkanes) is 1. The summed E-state index contributed by atoms with van der Waals surface area (Å²) in [5.74, 6) is -0.226. The number of likely N-dealkylation sites (N-methyl/N-ethyl adjacent to an activating group) is 1. The van der Waals surface area contributed by atoms with Gasteiger partial charge in [0.1, 0.15) is 0 Å². The average molecular weight is 285 g/mol. The van der Waals surface area contributed by atoms with Gasteiger partial charge >= 0.3 is 0 Å². The van der Waals surface area contributed by atoms with Crippen LogP contribution in [0.25, 0.3) is 0 Å². The molecule has 0 bridgehead atoms. The lowest BCUT2D eigenvalue weighted by molar-refractivity contribution is -0.124. The molecule has 5 heteroatoms. The van der Waals surface area contributed by atoms with Gasteiger partial charge in [0.15, 0.2) is 0 Å². The molecule has 1 aliphatic carbocycles. The van der Waals surface area contributed by atoms with Crippen molar-refractivity contribution in [2.24, 2.45) is 5.73 Å². The van der Waals surface area contributed by atoms with E-state index in [0.29, 0.717) is 6.04 Å². The molecule has 3 N–H and O–H groups in total. The first-order valence-corrected chi connectivity index (χ1v) is 7.80. The summed E-state index contributed by atoms with van der Waals surface area (Å²) in [4.78, 5) is 14.0. The SMILES string of the molecule is CCN(CCCCC(C)(NC1CC1)C(N)=O)CCOC. The first-order chi connectivity index (χ1) is 9.51. The van der Waals surface area contributed by atoms with E-state index >= 15 is 0 Å². The Bertz CT molecular complexity index is 295. The fourth-order valence-electron chi connectivity index (χ4n) is 2.41. The highest BCUT2D eigenvalue weighted by molar-refractivity contribution is 5.84. The van der Waals surface area contributed by atoms with Crippen LogP contribution in [0, 0.1) is 0 Å². The van der Waals surface area contributed by atoms with E-state index in [1.807, 2.05) is 6.92 Å². The van der Waals surface area contributed by atoms with Crippen LogP contribution in [0.2, 0.25) is 0 Å². The summed E-state index contributed by atoms with van der Waals surface area (Å²) < 4.78 is 5.10. The molecule has 118 valence electrons. The molecule has 0 aromatic carbocycles. The molecule has 5 nitrogen and oxygen atoms in total. The number of hydrogen-bond acceptors (Lipinski definition) is 4. The van der Waals surface area contributed by atoms with Crippen molar-refractivity contribution in [1.82, 2.24) is 10.2 Å². The summed E-state index contributed by atoms with van der Waals surface area (Å²) in [5, 5.41) is 3.40. The quantitative estimate of drug-likeness (QED) is 0.527. The van der Waals surface area contributed by atoms with Crippen molar-refractivity contribution in [2.75, 3.05) is 33.4 Å². The minimum Gasteiger partial charge on any atom is -0.383 e. The third-order valence-electron chi connectivity index (χ3n) is 4.10. The zero-order chi connectivity index (χ0) is 15.0.